The van der Waals surface area contributed by atoms with E-state index in [0.717, 1.165) is 0 Å². The van der Waals surface area contributed by atoms with Gasteiger partial charge in [0.15, 0.2) is 0 Å². The molecule has 2 aromatic carbocycles. The van der Waals surface area contributed by atoms with Gasteiger partial charge in [0, 0.05) is 0 Å². The van der Waals surface area contributed by atoms with Crippen LogP contribution < -0.4 is 10.9 Å². The zero-order chi connectivity index (χ0) is 14.4. The van der Waals surface area contributed by atoms with Gasteiger partial charge in [-0.15, -0.1) is 0 Å². The molecule has 4 nitrogen and oxygen atoms in total. The molecule has 0 aliphatic carbocycles. The molecule has 104 valence electrons. The number of carbonyl (C=O) groups is 1. The lowest BCUT2D eigenvalue weighted by atomic mass is 10.1. The lowest BCUT2D eigenvalue weighted by Crippen LogP contribution is -2.30. The molecule has 0 spiro atoms. The van der Waals surface area contributed by atoms with Crippen molar-refractivity contribution in [2.75, 3.05) is 5.43 Å². The molecule has 0 heterocycles. The molecule has 0 aliphatic heterocycles. The minimum absolute atomic E-state index is 0.0771. The number of hydrogen-bond donors (Lipinski definition) is 3. The molecular weight excluding hydrogens is 259 g/mol. The summed E-state index contributed by atoms with van der Waals surface area (Å²) in [6.45, 7) is 0. The first-order valence-corrected chi connectivity index (χ1v) is 6.18. The third-order valence-corrected chi connectivity index (χ3v) is 2.73. The van der Waals surface area contributed by atoms with Gasteiger partial charge in [0.1, 0.15) is 5.82 Å². The van der Waals surface area contributed by atoms with Gasteiger partial charge in [-0.3, -0.25) is 15.6 Å². The van der Waals surface area contributed by atoms with Crippen LogP contribution >= 0.6 is 0 Å². The number of aliphatic hydroxyl groups excluding tert-OH is 1. The van der Waals surface area contributed by atoms with E-state index in [2.05, 4.69) is 10.9 Å². The van der Waals surface area contributed by atoms with E-state index in [4.69, 9.17) is 0 Å². The molecule has 2 rings (SSSR count). The van der Waals surface area contributed by atoms with Gasteiger partial charge in [0.05, 0.1) is 18.2 Å². The van der Waals surface area contributed by atoms with Crippen LogP contribution in [0.2, 0.25) is 0 Å². The van der Waals surface area contributed by atoms with Gasteiger partial charge >= 0.3 is 0 Å². The van der Waals surface area contributed by atoms with Crippen LogP contribution in [0.15, 0.2) is 54.6 Å². The number of nitrogens with one attached hydrogen (secondary N) is 2. The first-order valence-electron chi connectivity index (χ1n) is 6.18. The second-order valence-corrected chi connectivity index (χ2v) is 4.31. The van der Waals surface area contributed by atoms with E-state index in [1.54, 1.807) is 30.3 Å². The predicted octanol–water partition coefficient (Wildman–Crippen LogP) is 2.39. The predicted molar refractivity (Wildman–Crippen MR) is 74.2 cm³/mol. The number of anilines is 1. The molecular formula is C15H15FN2O2. The Balaban J connectivity index is 1.84. The fraction of sp³-hybridized carbons (Fsp3) is 0.133. The molecule has 1 amide bonds. The van der Waals surface area contributed by atoms with Crippen molar-refractivity contribution in [3.8, 4) is 0 Å². The van der Waals surface area contributed by atoms with Crippen molar-refractivity contribution in [1.82, 2.24) is 5.43 Å². The lowest BCUT2D eigenvalue weighted by molar-refractivity contribution is -0.122. The van der Waals surface area contributed by atoms with Crippen molar-refractivity contribution in [2.24, 2.45) is 0 Å². The molecule has 0 radical (unpaired) electrons. The Bertz CT molecular complexity index is 575. The average Bonchev–Trinajstić information content (AvgIpc) is 2.46. The molecule has 0 aliphatic rings. The molecule has 1 unspecified atom stereocenters. The zero-order valence-electron chi connectivity index (χ0n) is 10.7. The second-order valence-electron chi connectivity index (χ2n) is 4.31. The Labute approximate surface area is 116 Å². The molecule has 2 aromatic rings. The van der Waals surface area contributed by atoms with Gasteiger partial charge in [0.25, 0.3) is 0 Å². The van der Waals surface area contributed by atoms with Crippen LogP contribution in [0, 0.1) is 5.82 Å². The summed E-state index contributed by atoms with van der Waals surface area (Å²) in [5.41, 5.74) is 6.11. The maximum atomic E-state index is 12.9. The van der Waals surface area contributed by atoms with Crippen LogP contribution in [0.4, 0.5) is 10.1 Å². The number of benzene rings is 2. The minimum atomic E-state index is -0.870. The fourth-order valence-corrected chi connectivity index (χ4v) is 1.73. The summed E-state index contributed by atoms with van der Waals surface area (Å²) in [7, 11) is 0. The number of rotatable bonds is 5. The van der Waals surface area contributed by atoms with Crippen molar-refractivity contribution in [3.05, 3.63) is 66.0 Å². The van der Waals surface area contributed by atoms with Gasteiger partial charge in [-0.2, -0.15) is 0 Å². The number of hydrogen-bond acceptors (Lipinski definition) is 3. The van der Waals surface area contributed by atoms with Gasteiger partial charge in [-0.1, -0.05) is 36.4 Å². The van der Waals surface area contributed by atoms with Crippen LogP contribution in [0.25, 0.3) is 0 Å². The summed E-state index contributed by atoms with van der Waals surface area (Å²) in [6.07, 6.45) is -0.947. The van der Waals surface area contributed by atoms with Gasteiger partial charge in [0.2, 0.25) is 5.91 Å². The van der Waals surface area contributed by atoms with Crippen LogP contribution in [0.5, 0.6) is 0 Å². The first kappa shape index (κ1) is 14.0. The van der Waals surface area contributed by atoms with Crippen molar-refractivity contribution in [3.63, 3.8) is 0 Å². The monoisotopic (exact) mass is 274 g/mol. The van der Waals surface area contributed by atoms with Crippen molar-refractivity contribution < 1.29 is 14.3 Å². The molecule has 3 N–H and O–H groups in total. The highest BCUT2D eigenvalue weighted by Gasteiger charge is 2.12. The van der Waals surface area contributed by atoms with Gasteiger partial charge < -0.3 is 5.11 Å². The quantitative estimate of drug-likeness (QED) is 0.734. The van der Waals surface area contributed by atoms with E-state index in [1.807, 2.05) is 6.07 Å². The minimum Gasteiger partial charge on any atom is -0.388 e. The Morgan fingerprint density at radius 3 is 2.60 bits per heavy atom. The summed E-state index contributed by atoms with van der Waals surface area (Å²) in [5.74, 6) is -0.779. The van der Waals surface area contributed by atoms with Crippen LogP contribution in [-0.4, -0.2) is 11.0 Å². The summed E-state index contributed by atoms with van der Waals surface area (Å²) in [6, 6.07) is 14.6. The van der Waals surface area contributed by atoms with E-state index < -0.39 is 11.9 Å². The third-order valence-electron chi connectivity index (χ3n) is 2.73. The highest BCUT2D eigenvalue weighted by Crippen LogP contribution is 2.15. The van der Waals surface area contributed by atoms with Crippen LogP contribution in [0.1, 0.15) is 18.1 Å². The normalized spacial score (nSPS) is 11.7. The van der Waals surface area contributed by atoms with Crippen LogP contribution in [-0.2, 0) is 4.79 Å². The molecule has 0 fully saturated rings. The summed E-state index contributed by atoms with van der Waals surface area (Å²) in [4.78, 5) is 11.7. The average molecular weight is 274 g/mol. The topological polar surface area (TPSA) is 61.4 Å². The number of carbonyl (C=O) groups excluding carboxylic acids is 1. The summed E-state index contributed by atoms with van der Waals surface area (Å²) < 4.78 is 12.9. The fourth-order valence-electron chi connectivity index (χ4n) is 1.73. The molecule has 5 heteroatoms. The van der Waals surface area contributed by atoms with E-state index in [-0.39, 0.29) is 12.3 Å². The molecule has 0 bridgehead atoms. The molecule has 0 saturated heterocycles. The third kappa shape index (κ3) is 4.07. The largest absolute Gasteiger partial charge is 0.388 e. The van der Waals surface area contributed by atoms with E-state index in [0.29, 0.717) is 11.3 Å². The smallest absolute Gasteiger partial charge is 0.241 e. The Hall–Kier alpha value is -2.40. The molecule has 0 aromatic heterocycles. The van der Waals surface area contributed by atoms with Crippen molar-refractivity contribution in [2.45, 2.75) is 12.5 Å². The van der Waals surface area contributed by atoms with E-state index >= 15 is 0 Å². The maximum absolute atomic E-state index is 12.9. The highest BCUT2D eigenvalue weighted by atomic mass is 19.1. The first-order chi connectivity index (χ1) is 9.65. The van der Waals surface area contributed by atoms with Gasteiger partial charge in [-0.25, -0.2) is 4.39 Å². The highest BCUT2D eigenvalue weighted by molar-refractivity contribution is 5.78. The van der Waals surface area contributed by atoms with Gasteiger partial charge in [-0.05, 0) is 23.8 Å². The Kier molecular flexibility index (Phi) is 4.68. The molecule has 0 saturated carbocycles. The molecule has 1 atom stereocenters. The van der Waals surface area contributed by atoms with Crippen molar-refractivity contribution in [1.29, 1.82) is 0 Å². The summed E-state index contributed by atoms with van der Waals surface area (Å²) >= 11 is 0. The van der Waals surface area contributed by atoms with E-state index in [1.165, 1.54) is 18.2 Å². The molecule has 20 heavy (non-hydrogen) atoms. The summed E-state index contributed by atoms with van der Waals surface area (Å²) in [5, 5.41) is 9.88. The van der Waals surface area contributed by atoms with Crippen molar-refractivity contribution >= 4 is 11.6 Å². The number of halogens is 1. The Morgan fingerprint density at radius 2 is 1.90 bits per heavy atom. The Morgan fingerprint density at radius 1 is 1.15 bits per heavy atom. The zero-order valence-corrected chi connectivity index (χ0v) is 10.7. The maximum Gasteiger partial charge on any atom is 0.241 e. The second kappa shape index (κ2) is 6.68. The lowest BCUT2D eigenvalue weighted by Gasteiger charge is -2.12. The standard InChI is InChI=1S/C15H15FN2O2/c16-12-7-4-8-13(9-12)17-18-15(20)10-14(19)11-5-2-1-3-6-11/h1-9,14,17,19H,10H2,(H,18,20). The number of amides is 1. The number of aliphatic hydroxyl groups is 1. The SMILES string of the molecule is O=C(CC(O)c1ccccc1)NNc1cccc(F)c1. The van der Waals surface area contributed by atoms with Crippen LogP contribution in [0.3, 0.4) is 0 Å². The number of hydrazine groups is 1. The van der Waals surface area contributed by atoms with E-state index in [9.17, 15) is 14.3 Å².